The van der Waals surface area contributed by atoms with Gasteiger partial charge < -0.3 is 19.1 Å². The van der Waals surface area contributed by atoms with Crippen LogP contribution in [0, 0.1) is 5.82 Å². The number of para-hydroxylation sites is 2. The Labute approximate surface area is 152 Å². The SMILES string of the molecule is COc1ccccc1OCC(=O)N1CC(C)OC(c2ccc(F)cc2)C1. The molecule has 0 radical (unpaired) electrons. The molecule has 0 bridgehead atoms. The van der Waals surface area contributed by atoms with Crippen molar-refractivity contribution in [2.24, 2.45) is 0 Å². The third-order valence-corrected chi connectivity index (χ3v) is 4.27. The summed E-state index contributed by atoms with van der Waals surface area (Å²) in [4.78, 5) is 14.3. The van der Waals surface area contributed by atoms with Gasteiger partial charge >= 0.3 is 0 Å². The number of hydrogen-bond acceptors (Lipinski definition) is 4. The van der Waals surface area contributed by atoms with E-state index in [-0.39, 0.29) is 30.5 Å². The lowest BCUT2D eigenvalue weighted by atomic mass is 10.1. The zero-order chi connectivity index (χ0) is 18.5. The lowest BCUT2D eigenvalue weighted by Crippen LogP contribution is -2.47. The van der Waals surface area contributed by atoms with Crippen LogP contribution in [0.5, 0.6) is 11.5 Å². The number of methoxy groups -OCH3 is 1. The summed E-state index contributed by atoms with van der Waals surface area (Å²) in [7, 11) is 1.56. The second-order valence-corrected chi connectivity index (χ2v) is 6.23. The maximum Gasteiger partial charge on any atom is 0.260 e. The van der Waals surface area contributed by atoms with Crippen LogP contribution in [-0.2, 0) is 9.53 Å². The molecule has 2 unspecified atom stereocenters. The molecule has 26 heavy (non-hydrogen) atoms. The fourth-order valence-corrected chi connectivity index (χ4v) is 2.99. The first-order valence-corrected chi connectivity index (χ1v) is 8.51. The lowest BCUT2D eigenvalue weighted by Gasteiger charge is -2.37. The predicted octanol–water partition coefficient (Wildman–Crippen LogP) is 3.20. The van der Waals surface area contributed by atoms with E-state index in [4.69, 9.17) is 14.2 Å². The van der Waals surface area contributed by atoms with Crippen molar-refractivity contribution in [1.29, 1.82) is 0 Å². The average Bonchev–Trinajstić information content (AvgIpc) is 2.66. The molecule has 3 rings (SSSR count). The highest BCUT2D eigenvalue weighted by atomic mass is 19.1. The minimum atomic E-state index is -0.296. The standard InChI is InChI=1S/C20H22FNO4/c1-14-11-22(12-19(26-14)15-7-9-16(21)10-8-15)20(23)13-25-18-6-4-3-5-17(18)24-2/h3-10,14,19H,11-13H2,1-2H3. The van der Waals surface area contributed by atoms with E-state index in [0.717, 1.165) is 5.56 Å². The Bertz CT molecular complexity index is 750. The van der Waals surface area contributed by atoms with Crippen LogP contribution in [0.15, 0.2) is 48.5 Å². The molecule has 0 aromatic heterocycles. The van der Waals surface area contributed by atoms with Crippen LogP contribution < -0.4 is 9.47 Å². The summed E-state index contributed by atoms with van der Waals surface area (Å²) in [6.07, 6.45) is -0.399. The molecule has 1 fully saturated rings. The minimum absolute atomic E-state index is 0.0801. The Kier molecular flexibility index (Phi) is 5.73. The summed E-state index contributed by atoms with van der Waals surface area (Å²) in [6.45, 7) is 2.73. The third kappa shape index (κ3) is 4.32. The van der Waals surface area contributed by atoms with Crippen molar-refractivity contribution < 1.29 is 23.4 Å². The topological polar surface area (TPSA) is 48.0 Å². The van der Waals surface area contributed by atoms with Crippen molar-refractivity contribution in [1.82, 2.24) is 4.90 Å². The van der Waals surface area contributed by atoms with E-state index in [1.54, 1.807) is 36.3 Å². The largest absolute Gasteiger partial charge is 0.493 e. The highest BCUT2D eigenvalue weighted by molar-refractivity contribution is 5.78. The van der Waals surface area contributed by atoms with E-state index in [2.05, 4.69) is 0 Å². The Hall–Kier alpha value is -2.60. The van der Waals surface area contributed by atoms with E-state index >= 15 is 0 Å². The van der Waals surface area contributed by atoms with E-state index in [1.165, 1.54) is 12.1 Å². The fraction of sp³-hybridized carbons (Fsp3) is 0.350. The van der Waals surface area contributed by atoms with Crippen LogP contribution in [0.1, 0.15) is 18.6 Å². The Balaban J connectivity index is 1.64. The van der Waals surface area contributed by atoms with Gasteiger partial charge in [-0.1, -0.05) is 24.3 Å². The summed E-state index contributed by atoms with van der Waals surface area (Å²) in [5, 5.41) is 0. The number of ether oxygens (including phenoxy) is 3. The van der Waals surface area contributed by atoms with Gasteiger partial charge in [-0.15, -0.1) is 0 Å². The second-order valence-electron chi connectivity index (χ2n) is 6.23. The van der Waals surface area contributed by atoms with Gasteiger partial charge in [0.25, 0.3) is 5.91 Å². The molecule has 2 aromatic rings. The van der Waals surface area contributed by atoms with E-state index in [1.807, 2.05) is 19.1 Å². The highest BCUT2D eigenvalue weighted by Gasteiger charge is 2.29. The molecule has 5 nitrogen and oxygen atoms in total. The first kappa shape index (κ1) is 18.2. The quantitative estimate of drug-likeness (QED) is 0.823. The molecular weight excluding hydrogens is 337 g/mol. The average molecular weight is 359 g/mol. The van der Waals surface area contributed by atoms with Crippen molar-refractivity contribution in [3.8, 4) is 11.5 Å². The van der Waals surface area contributed by atoms with Crippen molar-refractivity contribution in [2.45, 2.75) is 19.1 Å². The molecule has 1 amide bonds. The molecule has 2 aromatic carbocycles. The molecule has 1 heterocycles. The molecule has 1 aliphatic heterocycles. The molecule has 2 atom stereocenters. The maximum atomic E-state index is 13.1. The number of carbonyl (C=O) groups excluding carboxylic acids is 1. The molecule has 1 aliphatic rings. The van der Waals surface area contributed by atoms with Gasteiger partial charge in [-0.05, 0) is 36.8 Å². The van der Waals surface area contributed by atoms with Gasteiger partial charge in [0, 0.05) is 6.54 Å². The molecule has 0 saturated carbocycles. The first-order valence-electron chi connectivity index (χ1n) is 8.51. The van der Waals surface area contributed by atoms with Crippen molar-refractivity contribution >= 4 is 5.91 Å². The van der Waals surface area contributed by atoms with E-state index in [9.17, 15) is 9.18 Å². The summed E-state index contributed by atoms with van der Waals surface area (Å²) >= 11 is 0. The first-order chi connectivity index (χ1) is 12.6. The maximum absolute atomic E-state index is 13.1. The smallest absolute Gasteiger partial charge is 0.260 e. The number of rotatable bonds is 5. The van der Waals surface area contributed by atoms with Crippen molar-refractivity contribution in [2.75, 3.05) is 26.8 Å². The van der Waals surface area contributed by atoms with Crippen molar-refractivity contribution in [3.05, 3.63) is 59.9 Å². The molecular formula is C20H22FNO4. The minimum Gasteiger partial charge on any atom is -0.493 e. The molecule has 138 valence electrons. The molecule has 6 heteroatoms. The van der Waals surface area contributed by atoms with Crippen LogP contribution in [0.2, 0.25) is 0 Å². The molecule has 0 N–H and O–H groups in total. The summed E-state index contributed by atoms with van der Waals surface area (Å²) in [6, 6.07) is 13.4. The number of nitrogens with zero attached hydrogens (tertiary/aromatic N) is 1. The third-order valence-electron chi connectivity index (χ3n) is 4.27. The fourth-order valence-electron chi connectivity index (χ4n) is 2.99. The van der Waals surface area contributed by atoms with E-state index < -0.39 is 0 Å². The molecule has 0 spiro atoms. The summed E-state index contributed by atoms with van der Waals surface area (Å²) in [5.41, 5.74) is 0.849. The van der Waals surface area contributed by atoms with Gasteiger partial charge in [0.1, 0.15) is 11.9 Å². The van der Waals surface area contributed by atoms with Gasteiger partial charge in [0.2, 0.25) is 0 Å². The highest BCUT2D eigenvalue weighted by Crippen LogP contribution is 2.27. The van der Waals surface area contributed by atoms with Crippen LogP contribution in [-0.4, -0.2) is 43.7 Å². The number of morpholine rings is 1. The monoisotopic (exact) mass is 359 g/mol. The number of amides is 1. The Morgan fingerprint density at radius 1 is 1.15 bits per heavy atom. The van der Waals surface area contributed by atoms with Crippen LogP contribution in [0.3, 0.4) is 0 Å². The van der Waals surface area contributed by atoms with Crippen LogP contribution in [0.4, 0.5) is 4.39 Å². The molecule has 1 saturated heterocycles. The van der Waals surface area contributed by atoms with Gasteiger partial charge in [-0.2, -0.15) is 0 Å². The number of carbonyl (C=O) groups is 1. The Morgan fingerprint density at radius 2 is 1.85 bits per heavy atom. The van der Waals surface area contributed by atoms with Gasteiger partial charge in [0.05, 0.1) is 19.8 Å². The summed E-state index contributed by atoms with van der Waals surface area (Å²) in [5.74, 6) is 0.688. The van der Waals surface area contributed by atoms with Gasteiger partial charge in [-0.3, -0.25) is 4.79 Å². The Morgan fingerprint density at radius 3 is 2.54 bits per heavy atom. The summed E-state index contributed by atoms with van der Waals surface area (Å²) < 4.78 is 29.9. The van der Waals surface area contributed by atoms with Crippen molar-refractivity contribution in [3.63, 3.8) is 0 Å². The second kappa shape index (κ2) is 8.19. The number of benzene rings is 2. The zero-order valence-electron chi connectivity index (χ0n) is 14.9. The van der Waals surface area contributed by atoms with Gasteiger partial charge in [0.15, 0.2) is 18.1 Å². The van der Waals surface area contributed by atoms with Crippen LogP contribution >= 0.6 is 0 Å². The van der Waals surface area contributed by atoms with Crippen LogP contribution in [0.25, 0.3) is 0 Å². The zero-order valence-corrected chi connectivity index (χ0v) is 14.9. The van der Waals surface area contributed by atoms with E-state index in [0.29, 0.717) is 24.6 Å². The number of halogens is 1. The number of hydrogen-bond donors (Lipinski definition) is 0. The van der Waals surface area contributed by atoms with Gasteiger partial charge in [-0.25, -0.2) is 4.39 Å². The molecule has 0 aliphatic carbocycles. The normalized spacial score (nSPS) is 19.9. The predicted molar refractivity (Wildman–Crippen MR) is 94.8 cm³/mol. The lowest BCUT2D eigenvalue weighted by molar-refractivity contribution is -0.146.